The maximum absolute atomic E-state index is 3.49. The Labute approximate surface area is 129 Å². The Hall–Kier alpha value is -0.900. The molecule has 1 fully saturated rings. The summed E-state index contributed by atoms with van der Waals surface area (Å²) in [7, 11) is 2.27. The molecule has 0 aromatic heterocycles. The van der Waals surface area contributed by atoms with Crippen molar-refractivity contribution < 1.29 is 0 Å². The van der Waals surface area contributed by atoms with Crippen molar-refractivity contribution in [3.8, 4) is 0 Å². The molecule has 2 aliphatic heterocycles. The van der Waals surface area contributed by atoms with Crippen LogP contribution in [-0.4, -0.2) is 49.1 Å². The zero-order valence-corrected chi connectivity index (χ0v) is 13.6. The molecule has 3 rings (SSSR count). The Kier molecular flexibility index (Phi) is 4.94. The zero-order chi connectivity index (χ0) is 14.7. The minimum absolute atomic E-state index is 0.704. The number of benzene rings is 1. The van der Waals surface area contributed by atoms with Gasteiger partial charge in [-0.05, 0) is 56.1 Å². The lowest BCUT2D eigenvalue weighted by Gasteiger charge is -2.31. The Morgan fingerprint density at radius 1 is 1.29 bits per heavy atom. The highest BCUT2D eigenvalue weighted by Crippen LogP contribution is 2.22. The van der Waals surface area contributed by atoms with Gasteiger partial charge in [-0.3, -0.25) is 4.90 Å². The van der Waals surface area contributed by atoms with Crippen molar-refractivity contribution in [2.75, 3.05) is 33.2 Å². The highest BCUT2D eigenvalue weighted by Gasteiger charge is 2.23. The molecule has 0 radical (unpaired) electrons. The fourth-order valence-corrected chi connectivity index (χ4v) is 3.87. The molecule has 1 atom stereocenters. The Balaban J connectivity index is 1.78. The zero-order valence-electron chi connectivity index (χ0n) is 13.6. The van der Waals surface area contributed by atoms with Gasteiger partial charge in [0, 0.05) is 32.2 Å². The normalized spacial score (nSPS) is 24.6. The minimum Gasteiger partial charge on any atom is -0.312 e. The van der Waals surface area contributed by atoms with Crippen molar-refractivity contribution in [2.45, 2.75) is 45.3 Å². The van der Waals surface area contributed by atoms with E-state index in [4.69, 9.17) is 0 Å². The minimum atomic E-state index is 0.704. The van der Waals surface area contributed by atoms with Gasteiger partial charge in [-0.1, -0.05) is 25.1 Å². The first-order valence-corrected chi connectivity index (χ1v) is 8.51. The Bertz CT molecular complexity index is 472. The third-order valence-corrected chi connectivity index (χ3v) is 5.11. The number of rotatable bonds is 3. The van der Waals surface area contributed by atoms with Gasteiger partial charge in [0.15, 0.2) is 0 Å². The molecule has 0 aliphatic carbocycles. The lowest BCUT2D eigenvalue weighted by atomic mass is 9.95. The molecular formula is C18H29N3. The van der Waals surface area contributed by atoms with Crippen LogP contribution in [0, 0.1) is 0 Å². The fourth-order valence-electron chi connectivity index (χ4n) is 3.87. The molecule has 3 nitrogen and oxygen atoms in total. The van der Waals surface area contributed by atoms with Crippen molar-refractivity contribution in [3.05, 3.63) is 34.9 Å². The highest BCUT2D eigenvalue weighted by atomic mass is 15.2. The predicted molar refractivity (Wildman–Crippen MR) is 88.5 cm³/mol. The quantitative estimate of drug-likeness (QED) is 0.920. The van der Waals surface area contributed by atoms with Gasteiger partial charge in [-0.15, -0.1) is 0 Å². The molecule has 1 unspecified atom stereocenters. The lowest BCUT2D eigenvalue weighted by Crippen LogP contribution is -2.39. The third-order valence-electron chi connectivity index (χ3n) is 5.11. The molecule has 3 heteroatoms. The van der Waals surface area contributed by atoms with Crippen LogP contribution in [0.4, 0.5) is 0 Å². The van der Waals surface area contributed by atoms with Gasteiger partial charge in [0.05, 0.1) is 0 Å². The molecule has 0 saturated carbocycles. The van der Waals surface area contributed by atoms with Crippen molar-refractivity contribution >= 4 is 0 Å². The van der Waals surface area contributed by atoms with Crippen molar-refractivity contribution in [1.82, 2.24) is 15.1 Å². The number of hydrogen-bond donors (Lipinski definition) is 1. The van der Waals surface area contributed by atoms with Crippen LogP contribution in [-0.2, 0) is 19.5 Å². The van der Waals surface area contributed by atoms with Gasteiger partial charge >= 0.3 is 0 Å². The largest absolute Gasteiger partial charge is 0.312 e. The van der Waals surface area contributed by atoms with Gasteiger partial charge < -0.3 is 10.2 Å². The second-order valence-electron chi connectivity index (χ2n) is 6.63. The van der Waals surface area contributed by atoms with Crippen LogP contribution in [0.25, 0.3) is 0 Å². The average Bonchev–Trinajstić information content (AvgIpc) is 2.69. The van der Waals surface area contributed by atoms with E-state index in [1.807, 2.05) is 0 Å². The second kappa shape index (κ2) is 6.91. The number of nitrogens with zero attached hydrogens (tertiary/aromatic N) is 2. The van der Waals surface area contributed by atoms with Crippen molar-refractivity contribution in [2.24, 2.45) is 0 Å². The number of hydrogen-bond acceptors (Lipinski definition) is 3. The average molecular weight is 287 g/mol. The smallest absolute Gasteiger partial charge is 0.0240 e. The van der Waals surface area contributed by atoms with Gasteiger partial charge in [0.2, 0.25) is 0 Å². The Morgan fingerprint density at radius 2 is 2.19 bits per heavy atom. The first-order chi connectivity index (χ1) is 10.3. The SMILES string of the molecule is CCC1CN(C)CCCN1Cc1cccc2c1CCNC2. The van der Waals surface area contributed by atoms with Crippen LogP contribution in [0.2, 0.25) is 0 Å². The maximum atomic E-state index is 3.49. The van der Waals surface area contributed by atoms with E-state index in [1.54, 1.807) is 11.1 Å². The number of nitrogens with one attached hydrogen (secondary N) is 1. The third kappa shape index (κ3) is 3.47. The summed E-state index contributed by atoms with van der Waals surface area (Å²) in [6.07, 6.45) is 3.74. The summed E-state index contributed by atoms with van der Waals surface area (Å²) in [6, 6.07) is 7.59. The summed E-state index contributed by atoms with van der Waals surface area (Å²) in [4.78, 5) is 5.22. The van der Waals surface area contributed by atoms with E-state index in [2.05, 4.69) is 47.3 Å². The molecule has 1 N–H and O–H groups in total. The van der Waals surface area contributed by atoms with Crippen LogP contribution in [0.3, 0.4) is 0 Å². The molecular weight excluding hydrogens is 258 g/mol. The van der Waals surface area contributed by atoms with Crippen LogP contribution in [0.15, 0.2) is 18.2 Å². The monoisotopic (exact) mass is 287 g/mol. The predicted octanol–water partition coefficient (Wildman–Crippen LogP) is 2.25. The lowest BCUT2D eigenvalue weighted by molar-refractivity contribution is 0.175. The molecule has 0 spiro atoms. The molecule has 1 saturated heterocycles. The summed E-state index contributed by atoms with van der Waals surface area (Å²) in [5.41, 5.74) is 4.69. The second-order valence-corrected chi connectivity index (χ2v) is 6.63. The highest BCUT2D eigenvalue weighted by molar-refractivity contribution is 5.37. The van der Waals surface area contributed by atoms with E-state index in [1.165, 1.54) is 44.5 Å². The van der Waals surface area contributed by atoms with Crippen LogP contribution in [0.1, 0.15) is 36.5 Å². The van der Waals surface area contributed by atoms with Gasteiger partial charge in [-0.25, -0.2) is 0 Å². The van der Waals surface area contributed by atoms with Crippen molar-refractivity contribution in [3.63, 3.8) is 0 Å². The summed E-state index contributed by atoms with van der Waals surface area (Å²) in [5.74, 6) is 0. The van der Waals surface area contributed by atoms with E-state index in [9.17, 15) is 0 Å². The van der Waals surface area contributed by atoms with E-state index in [0.717, 1.165) is 19.6 Å². The summed E-state index contributed by atoms with van der Waals surface area (Å²) in [5, 5.41) is 3.49. The van der Waals surface area contributed by atoms with Crippen LogP contribution in [0.5, 0.6) is 0 Å². The van der Waals surface area contributed by atoms with E-state index >= 15 is 0 Å². The molecule has 1 aromatic carbocycles. The summed E-state index contributed by atoms with van der Waals surface area (Å²) >= 11 is 0. The number of likely N-dealkylation sites (N-methyl/N-ethyl adjacent to an activating group) is 1. The topological polar surface area (TPSA) is 18.5 Å². The molecule has 0 bridgehead atoms. The standard InChI is InChI=1S/C18H29N3/c1-3-17-14-20(2)10-5-11-21(17)13-16-7-4-6-15-12-19-9-8-18(15)16/h4,6-7,17,19H,3,5,8-14H2,1-2H3. The summed E-state index contributed by atoms with van der Waals surface area (Å²) in [6.45, 7) is 9.34. The van der Waals surface area contributed by atoms with Gasteiger partial charge in [0.25, 0.3) is 0 Å². The Morgan fingerprint density at radius 3 is 3.05 bits per heavy atom. The van der Waals surface area contributed by atoms with Gasteiger partial charge in [0.1, 0.15) is 0 Å². The van der Waals surface area contributed by atoms with Crippen LogP contribution < -0.4 is 5.32 Å². The molecule has 2 heterocycles. The van der Waals surface area contributed by atoms with E-state index in [-0.39, 0.29) is 0 Å². The van der Waals surface area contributed by atoms with Crippen molar-refractivity contribution in [1.29, 1.82) is 0 Å². The molecule has 116 valence electrons. The van der Waals surface area contributed by atoms with E-state index in [0.29, 0.717) is 6.04 Å². The van der Waals surface area contributed by atoms with Crippen LogP contribution >= 0.6 is 0 Å². The fraction of sp³-hybridized carbons (Fsp3) is 0.667. The van der Waals surface area contributed by atoms with E-state index < -0.39 is 0 Å². The molecule has 1 aromatic rings. The number of fused-ring (bicyclic) bond motifs is 1. The summed E-state index contributed by atoms with van der Waals surface area (Å²) < 4.78 is 0. The first kappa shape index (κ1) is 15.0. The first-order valence-electron chi connectivity index (χ1n) is 8.51. The molecule has 2 aliphatic rings. The molecule has 21 heavy (non-hydrogen) atoms. The van der Waals surface area contributed by atoms with Gasteiger partial charge in [-0.2, -0.15) is 0 Å². The maximum Gasteiger partial charge on any atom is 0.0240 e. The molecule has 0 amide bonds.